The Morgan fingerprint density at radius 1 is 1.12 bits per heavy atom. The van der Waals surface area contributed by atoms with Gasteiger partial charge in [0.05, 0.1) is 32.3 Å². The number of carbonyl (C=O) groups is 1. The van der Waals surface area contributed by atoms with Crippen LogP contribution in [0.25, 0.3) is 6.08 Å². The maximum atomic E-state index is 12.2. The number of amides is 1. The smallest absolute Gasteiger partial charge is 0.264 e. The lowest BCUT2D eigenvalue weighted by molar-refractivity contribution is -0.115. The molecule has 0 radical (unpaired) electrons. The summed E-state index contributed by atoms with van der Waals surface area (Å²) in [7, 11) is 0. The first-order chi connectivity index (χ1) is 12.5. The standard InChI is InChI=1S/C18H13Cl3N2O2S/c1-2-25-15-6-3-10(7-14(15)21)8-16-17(24)23-18(26-16)22-11-4-5-12(19)13(20)9-11/h3-9H,2H2,1H3,(H,22,23,24)/b16-8-. The Morgan fingerprint density at radius 2 is 1.92 bits per heavy atom. The first-order valence-corrected chi connectivity index (χ1v) is 9.58. The van der Waals surface area contributed by atoms with Gasteiger partial charge in [0.2, 0.25) is 0 Å². The van der Waals surface area contributed by atoms with Crippen molar-refractivity contribution in [1.82, 2.24) is 5.32 Å². The molecular weight excluding hydrogens is 415 g/mol. The summed E-state index contributed by atoms with van der Waals surface area (Å²) < 4.78 is 5.41. The zero-order chi connectivity index (χ0) is 18.7. The van der Waals surface area contributed by atoms with E-state index in [0.717, 1.165) is 5.56 Å². The van der Waals surface area contributed by atoms with Crippen LogP contribution in [0.1, 0.15) is 12.5 Å². The molecule has 0 aliphatic carbocycles. The van der Waals surface area contributed by atoms with Gasteiger partial charge >= 0.3 is 0 Å². The lowest BCUT2D eigenvalue weighted by Gasteiger charge is -2.05. The minimum absolute atomic E-state index is 0.223. The summed E-state index contributed by atoms with van der Waals surface area (Å²) in [6.45, 7) is 2.42. The summed E-state index contributed by atoms with van der Waals surface area (Å²) in [5, 5.41) is 4.54. The molecule has 2 aromatic carbocycles. The van der Waals surface area contributed by atoms with E-state index in [9.17, 15) is 4.79 Å². The molecule has 1 saturated heterocycles. The second kappa shape index (κ2) is 8.35. The molecule has 0 atom stereocenters. The van der Waals surface area contributed by atoms with Crippen molar-refractivity contribution in [3.63, 3.8) is 0 Å². The normalized spacial score (nSPS) is 17.0. The van der Waals surface area contributed by atoms with Crippen molar-refractivity contribution < 1.29 is 9.53 Å². The van der Waals surface area contributed by atoms with Crippen molar-refractivity contribution in [2.75, 3.05) is 6.61 Å². The Morgan fingerprint density at radius 3 is 2.62 bits per heavy atom. The number of aliphatic imine (C=N–C) groups is 1. The number of hydrogen-bond donors (Lipinski definition) is 1. The van der Waals surface area contributed by atoms with E-state index in [4.69, 9.17) is 39.5 Å². The quantitative estimate of drug-likeness (QED) is 0.615. The molecule has 134 valence electrons. The zero-order valence-corrected chi connectivity index (χ0v) is 16.6. The van der Waals surface area contributed by atoms with Crippen molar-refractivity contribution in [2.24, 2.45) is 4.99 Å². The minimum atomic E-state index is -0.223. The minimum Gasteiger partial charge on any atom is -0.492 e. The van der Waals surface area contributed by atoms with Gasteiger partial charge in [-0.15, -0.1) is 0 Å². The number of ether oxygens (including phenoxy) is 1. The van der Waals surface area contributed by atoms with E-state index >= 15 is 0 Å². The Kier molecular flexibility index (Phi) is 6.14. The van der Waals surface area contributed by atoms with Gasteiger partial charge in [0, 0.05) is 0 Å². The summed E-state index contributed by atoms with van der Waals surface area (Å²) in [6.07, 6.45) is 1.75. The number of thioether (sulfide) groups is 1. The molecule has 1 aliphatic heterocycles. The molecule has 0 bridgehead atoms. The van der Waals surface area contributed by atoms with Crippen molar-refractivity contribution in [3.05, 3.63) is 61.9 Å². The van der Waals surface area contributed by atoms with Crippen LogP contribution in [0.15, 0.2) is 46.3 Å². The van der Waals surface area contributed by atoms with E-state index in [1.807, 2.05) is 13.0 Å². The van der Waals surface area contributed by atoms with Gasteiger partial charge in [-0.25, -0.2) is 4.99 Å². The number of nitrogens with one attached hydrogen (secondary N) is 1. The molecule has 1 fully saturated rings. The molecule has 0 saturated carbocycles. The molecule has 0 aromatic heterocycles. The first kappa shape index (κ1) is 19.1. The Bertz CT molecular complexity index is 929. The van der Waals surface area contributed by atoms with Crippen LogP contribution < -0.4 is 10.1 Å². The van der Waals surface area contributed by atoms with Gasteiger partial charge in [-0.1, -0.05) is 40.9 Å². The highest BCUT2D eigenvalue weighted by atomic mass is 35.5. The average molecular weight is 428 g/mol. The molecule has 3 rings (SSSR count). The van der Waals surface area contributed by atoms with Crippen LogP contribution in [-0.2, 0) is 4.79 Å². The molecule has 1 N–H and O–H groups in total. The fourth-order valence-electron chi connectivity index (χ4n) is 2.18. The highest BCUT2D eigenvalue weighted by Crippen LogP contribution is 2.32. The molecule has 0 unspecified atom stereocenters. The van der Waals surface area contributed by atoms with Gasteiger partial charge < -0.3 is 10.1 Å². The monoisotopic (exact) mass is 426 g/mol. The lowest BCUT2D eigenvalue weighted by Crippen LogP contribution is -2.19. The number of carbonyl (C=O) groups excluding carboxylic acids is 1. The van der Waals surface area contributed by atoms with Crippen LogP contribution >= 0.6 is 46.6 Å². The summed E-state index contributed by atoms with van der Waals surface area (Å²) in [5.74, 6) is 0.389. The van der Waals surface area contributed by atoms with E-state index in [2.05, 4.69) is 10.3 Å². The summed E-state index contributed by atoms with van der Waals surface area (Å²) >= 11 is 19.3. The van der Waals surface area contributed by atoms with Crippen LogP contribution in [-0.4, -0.2) is 17.7 Å². The SMILES string of the molecule is CCOc1ccc(/C=C2\SC(=Nc3ccc(Cl)c(Cl)c3)NC2=O)cc1Cl. The largest absolute Gasteiger partial charge is 0.492 e. The van der Waals surface area contributed by atoms with Crippen molar-refractivity contribution >= 4 is 69.4 Å². The second-order valence-electron chi connectivity index (χ2n) is 5.20. The molecule has 1 amide bonds. The van der Waals surface area contributed by atoms with E-state index in [1.165, 1.54) is 11.8 Å². The molecule has 2 aromatic rings. The van der Waals surface area contributed by atoms with E-state index in [-0.39, 0.29) is 5.91 Å². The Hall–Kier alpha value is -1.66. The number of rotatable bonds is 4. The van der Waals surface area contributed by atoms with Crippen LogP contribution in [0.3, 0.4) is 0 Å². The van der Waals surface area contributed by atoms with Crippen molar-refractivity contribution in [2.45, 2.75) is 6.92 Å². The zero-order valence-electron chi connectivity index (χ0n) is 13.6. The van der Waals surface area contributed by atoms with Gasteiger partial charge in [0.25, 0.3) is 5.91 Å². The lowest BCUT2D eigenvalue weighted by atomic mass is 10.2. The number of amidine groups is 1. The summed E-state index contributed by atoms with van der Waals surface area (Å²) in [6, 6.07) is 10.4. The first-order valence-electron chi connectivity index (χ1n) is 7.63. The third-order valence-electron chi connectivity index (χ3n) is 3.34. The second-order valence-corrected chi connectivity index (χ2v) is 7.46. The third-order valence-corrected chi connectivity index (χ3v) is 5.28. The molecule has 0 spiro atoms. The van der Waals surface area contributed by atoms with Gasteiger partial charge in [-0.2, -0.15) is 0 Å². The Balaban J connectivity index is 1.81. The summed E-state index contributed by atoms with van der Waals surface area (Å²) in [5.41, 5.74) is 1.40. The molecule has 4 nitrogen and oxygen atoms in total. The van der Waals surface area contributed by atoms with E-state index < -0.39 is 0 Å². The van der Waals surface area contributed by atoms with Crippen molar-refractivity contribution in [3.8, 4) is 5.75 Å². The number of nitrogens with zero attached hydrogens (tertiary/aromatic N) is 1. The number of hydrogen-bond acceptors (Lipinski definition) is 4. The highest BCUT2D eigenvalue weighted by Gasteiger charge is 2.24. The van der Waals surface area contributed by atoms with Crippen LogP contribution in [0.5, 0.6) is 5.75 Å². The highest BCUT2D eigenvalue weighted by molar-refractivity contribution is 8.18. The van der Waals surface area contributed by atoms with E-state index in [0.29, 0.717) is 43.2 Å². The van der Waals surface area contributed by atoms with E-state index in [1.54, 1.807) is 36.4 Å². The van der Waals surface area contributed by atoms with Gasteiger partial charge in [0.15, 0.2) is 5.17 Å². The van der Waals surface area contributed by atoms with Crippen LogP contribution in [0.2, 0.25) is 15.1 Å². The maximum Gasteiger partial charge on any atom is 0.264 e. The maximum absolute atomic E-state index is 12.2. The topological polar surface area (TPSA) is 50.7 Å². The third kappa shape index (κ3) is 4.54. The molecule has 8 heteroatoms. The fourth-order valence-corrected chi connectivity index (χ4v) is 3.56. The molecule has 1 aliphatic rings. The molecule has 26 heavy (non-hydrogen) atoms. The Labute approximate surface area is 170 Å². The average Bonchev–Trinajstić information content (AvgIpc) is 2.93. The van der Waals surface area contributed by atoms with Gasteiger partial charge in [-0.3, -0.25) is 4.79 Å². The number of halogens is 3. The summed E-state index contributed by atoms with van der Waals surface area (Å²) in [4.78, 5) is 17.1. The predicted octanol–water partition coefficient (Wildman–Crippen LogP) is 5.94. The predicted molar refractivity (Wildman–Crippen MR) is 110 cm³/mol. The van der Waals surface area contributed by atoms with Crippen LogP contribution in [0, 0.1) is 0 Å². The number of benzene rings is 2. The molecule has 1 heterocycles. The fraction of sp³-hybridized carbons (Fsp3) is 0.111. The van der Waals surface area contributed by atoms with Gasteiger partial charge in [-0.05, 0) is 60.7 Å². The molecular formula is C18H13Cl3N2O2S. The van der Waals surface area contributed by atoms with Crippen molar-refractivity contribution in [1.29, 1.82) is 0 Å². The van der Waals surface area contributed by atoms with Crippen LogP contribution in [0.4, 0.5) is 5.69 Å². The van der Waals surface area contributed by atoms with Gasteiger partial charge in [0.1, 0.15) is 5.75 Å².